The van der Waals surface area contributed by atoms with Crippen molar-refractivity contribution in [3.8, 4) is 5.75 Å². The van der Waals surface area contributed by atoms with E-state index in [-0.39, 0.29) is 6.61 Å². The van der Waals surface area contributed by atoms with E-state index in [1.54, 1.807) is 30.3 Å². The molecule has 1 aromatic heterocycles. The molecule has 2 rings (SSSR count). The Labute approximate surface area is 100 Å². The van der Waals surface area contributed by atoms with Crippen molar-refractivity contribution in [2.24, 2.45) is 0 Å². The summed E-state index contributed by atoms with van der Waals surface area (Å²) in [5.41, 5.74) is 0.580. The molecular weight excluding hydrogens is 274 g/mol. The van der Waals surface area contributed by atoms with Gasteiger partial charge >= 0.3 is 0 Å². The Hall–Kier alpha value is -1.62. The van der Waals surface area contributed by atoms with E-state index >= 15 is 0 Å². The highest BCUT2D eigenvalue weighted by Crippen LogP contribution is 2.15. The largest absolute Gasteiger partial charge is 0.486 e. The second kappa shape index (κ2) is 4.94. The fourth-order valence-electron chi connectivity index (χ4n) is 1.19. The molecule has 0 aliphatic carbocycles. The zero-order chi connectivity index (χ0) is 11.4. The summed E-state index contributed by atoms with van der Waals surface area (Å²) in [5, 5.41) is 3.67. The highest BCUT2D eigenvalue weighted by atomic mass is 79.9. The minimum absolute atomic E-state index is 0.279. The molecule has 0 bridgehead atoms. The summed E-state index contributed by atoms with van der Waals surface area (Å²) in [6, 6.07) is 8.64. The maximum Gasteiger partial charge on any atom is 0.175 e. The van der Waals surface area contributed by atoms with Crippen molar-refractivity contribution in [2.75, 3.05) is 0 Å². The van der Waals surface area contributed by atoms with Crippen molar-refractivity contribution in [1.29, 1.82) is 0 Å². The van der Waals surface area contributed by atoms with E-state index in [1.165, 1.54) is 0 Å². The van der Waals surface area contributed by atoms with Gasteiger partial charge in [-0.25, -0.2) is 0 Å². The molecule has 1 aromatic carbocycles. The van der Waals surface area contributed by atoms with Crippen molar-refractivity contribution < 1.29 is 14.1 Å². The first kappa shape index (κ1) is 10.9. The Kier molecular flexibility index (Phi) is 3.36. The van der Waals surface area contributed by atoms with Gasteiger partial charge in [0.25, 0.3) is 0 Å². The number of aldehydes is 1. The van der Waals surface area contributed by atoms with Gasteiger partial charge in [0.05, 0.1) is 0 Å². The van der Waals surface area contributed by atoms with Crippen molar-refractivity contribution >= 4 is 22.2 Å². The van der Waals surface area contributed by atoms with E-state index in [9.17, 15) is 4.79 Å². The maximum absolute atomic E-state index is 10.5. The van der Waals surface area contributed by atoms with Crippen molar-refractivity contribution in [3.05, 3.63) is 46.3 Å². The van der Waals surface area contributed by atoms with Crippen LogP contribution in [0.1, 0.15) is 16.1 Å². The highest BCUT2D eigenvalue weighted by molar-refractivity contribution is 9.10. The molecule has 0 aliphatic rings. The molecule has 0 spiro atoms. The molecule has 82 valence electrons. The second-order valence-corrected chi connectivity index (χ2v) is 3.91. The van der Waals surface area contributed by atoms with Gasteiger partial charge in [0.1, 0.15) is 23.2 Å². The summed E-state index contributed by atoms with van der Waals surface area (Å²) in [6.07, 6.45) is 0.776. The molecule has 0 amide bonds. The normalized spacial score (nSPS) is 10.1. The molecule has 0 N–H and O–H groups in total. The third-order valence-electron chi connectivity index (χ3n) is 1.91. The van der Waals surface area contributed by atoms with Gasteiger partial charge in [-0.05, 0) is 28.1 Å². The van der Waals surface area contributed by atoms with Crippen molar-refractivity contribution in [2.45, 2.75) is 6.61 Å². The molecule has 0 atom stereocenters. The van der Waals surface area contributed by atoms with Crippen LogP contribution >= 0.6 is 15.9 Å². The lowest BCUT2D eigenvalue weighted by molar-refractivity contribution is 0.112. The topological polar surface area (TPSA) is 52.3 Å². The molecule has 4 nitrogen and oxygen atoms in total. The molecular formula is C11H8BrNO3. The number of hydrogen-bond acceptors (Lipinski definition) is 4. The predicted molar refractivity (Wildman–Crippen MR) is 60.4 cm³/mol. The van der Waals surface area contributed by atoms with E-state index in [0.717, 1.165) is 6.29 Å². The third-order valence-corrected chi connectivity index (χ3v) is 2.28. The number of carbonyl (C=O) groups is 1. The minimum Gasteiger partial charge on any atom is -0.486 e. The van der Waals surface area contributed by atoms with Gasteiger partial charge in [0.15, 0.2) is 5.76 Å². The Morgan fingerprint density at radius 3 is 3.00 bits per heavy atom. The zero-order valence-corrected chi connectivity index (χ0v) is 9.81. The third kappa shape index (κ3) is 2.70. The van der Waals surface area contributed by atoms with E-state index < -0.39 is 0 Å². The number of carbonyl (C=O) groups excluding carboxylic acids is 1. The van der Waals surface area contributed by atoms with Gasteiger partial charge in [-0.15, -0.1) is 0 Å². The molecule has 2 aromatic rings. The lowest BCUT2D eigenvalue weighted by Crippen LogP contribution is -1.94. The van der Waals surface area contributed by atoms with E-state index in [1.807, 2.05) is 0 Å². The van der Waals surface area contributed by atoms with Crippen LogP contribution in [-0.2, 0) is 6.61 Å². The molecule has 0 fully saturated rings. The molecule has 0 saturated heterocycles. The zero-order valence-electron chi connectivity index (χ0n) is 8.22. The van der Waals surface area contributed by atoms with Crippen LogP contribution in [0.3, 0.4) is 0 Å². The summed E-state index contributed by atoms with van der Waals surface area (Å²) in [5.74, 6) is 1.24. The summed E-state index contributed by atoms with van der Waals surface area (Å²) < 4.78 is 11.0. The summed E-state index contributed by atoms with van der Waals surface area (Å²) >= 11 is 3.17. The second-order valence-electron chi connectivity index (χ2n) is 3.09. The van der Waals surface area contributed by atoms with Gasteiger partial charge < -0.3 is 9.26 Å². The van der Waals surface area contributed by atoms with Crippen LogP contribution in [0.15, 0.2) is 39.5 Å². The van der Waals surface area contributed by atoms with E-state index in [4.69, 9.17) is 9.26 Å². The Bertz CT molecular complexity index is 495. The van der Waals surface area contributed by atoms with Crippen LogP contribution in [0.25, 0.3) is 0 Å². The fourth-order valence-corrected chi connectivity index (χ4v) is 1.52. The van der Waals surface area contributed by atoms with E-state index in [0.29, 0.717) is 21.7 Å². The van der Waals surface area contributed by atoms with Crippen LogP contribution in [0.5, 0.6) is 5.75 Å². The molecule has 0 unspecified atom stereocenters. The van der Waals surface area contributed by atoms with Crippen LogP contribution < -0.4 is 4.74 Å². The first-order valence-corrected chi connectivity index (χ1v) is 5.36. The standard InChI is InChI=1S/C11H8BrNO3/c12-11-5-10(16-13-11)7-15-9-3-1-2-8(4-9)6-14/h1-6H,7H2. The quantitative estimate of drug-likeness (QED) is 0.809. The minimum atomic E-state index is 0.279. The number of rotatable bonds is 4. The van der Waals surface area contributed by atoms with Gasteiger partial charge in [-0.2, -0.15) is 0 Å². The first-order valence-electron chi connectivity index (χ1n) is 4.57. The molecule has 0 aliphatic heterocycles. The van der Waals surface area contributed by atoms with Crippen molar-refractivity contribution in [1.82, 2.24) is 5.16 Å². The fraction of sp³-hybridized carbons (Fsp3) is 0.0909. The summed E-state index contributed by atoms with van der Waals surface area (Å²) in [7, 11) is 0. The number of benzene rings is 1. The summed E-state index contributed by atoms with van der Waals surface area (Å²) in [4.78, 5) is 10.5. The van der Waals surface area contributed by atoms with E-state index in [2.05, 4.69) is 21.1 Å². The Morgan fingerprint density at radius 1 is 1.44 bits per heavy atom. The van der Waals surface area contributed by atoms with Crippen LogP contribution in [0, 0.1) is 0 Å². The number of nitrogens with zero attached hydrogens (tertiary/aromatic N) is 1. The maximum atomic E-state index is 10.5. The van der Waals surface area contributed by atoms with Gasteiger partial charge in [-0.1, -0.05) is 17.3 Å². The lowest BCUT2D eigenvalue weighted by Gasteiger charge is -2.03. The average molecular weight is 282 g/mol. The van der Waals surface area contributed by atoms with Gasteiger partial charge in [0, 0.05) is 11.6 Å². The van der Waals surface area contributed by atoms with Gasteiger partial charge in [-0.3, -0.25) is 4.79 Å². The smallest absolute Gasteiger partial charge is 0.175 e. The molecule has 16 heavy (non-hydrogen) atoms. The molecule has 1 heterocycles. The number of halogens is 1. The van der Waals surface area contributed by atoms with Crippen LogP contribution in [0.2, 0.25) is 0 Å². The Balaban J connectivity index is 2.01. The van der Waals surface area contributed by atoms with Crippen LogP contribution in [0.4, 0.5) is 0 Å². The first-order chi connectivity index (χ1) is 7.78. The number of ether oxygens (including phenoxy) is 1. The SMILES string of the molecule is O=Cc1cccc(OCc2cc(Br)no2)c1. The Morgan fingerprint density at radius 2 is 2.31 bits per heavy atom. The molecule has 5 heteroatoms. The predicted octanol–water partition coefficient (Wildman–Crippen LogP) is 2.83. The van der Waals surface area contributed by atoms with Crippen LogP contribution in [-0.4, -0.2) is 11.4 Å². The highest BCUT2D eigenvalue weighted by Gasteiger charge is 2.02. The lowest BCUT2D eigenvalue weighted by atomic mass is 10.2. The van der Waals surface area contributed by atoms with Crippen molar-refractivity contribution in [3.63, 3.8) is 0 Å². The monoisotopic (exact) mass is 281 g/mol. The summed E-state index contributed by atoms with van der Waals surface area (Å²) in [6.45, 7) is 0.279. The van der Waals surface area contributed by atoms with Gasteiger partial charge in [0.2, 0.25) is 0 Å². The molecule has 0 saturated carbocycles. The number of hydrogen-bond donors (Lipinski definition) is 0. The average Bonchev–Trinajstić information content (AvgIpc) is 2.73. The molecule has 0 radical (unpaired) electrons. The number of aromatic nitrogens is 1.